The molecule has 2 heteroatoms. The van der Waals surface area contributed by atoms with Crippen LogP contribution in [-0.2, 0) is 0 Å². The van der Waals surface area contributed by atoms with Crippen LogP contribution in [-0.4, -0.2) is 18.4 Å². The van der Waals surface area contributed by atoms with Gasteiger partial charge in [-0.3, -0.25) is 0 Å². The fourth-order valence-corrected chi connectivity index (χ4v) is 9.33. The lowest BCUT2D eigenvalue weighted by Crippen LogP contribution is -2.58. The molecule has 23 heavy (non-hydrogen) atoms. The summed E-state index contributed by atoms with van der Waals surface area (Å²) in [6, 6.07) is 18.7. The first-order chi connectivity index (χ1) is 11.1. The van der Waals surface area contributed by atoms with Crippen LogP contribution in [0.3, 0.4) is 0 Å². The van der Waals surface area contributed by atoms with E-state index in [1.165, 1.54) is 16.3 Å². The Morgan fingerprint density at radius 2 is 1.65 bits per heavy atom. The zero-order chi connectivity index (χ0) is 16.5. The van der Waals surface area contributed by atoms with E-state index in [4.69, 9.17) is 0 Å². The van der Waals surface area contributed by atoms with Gasteiger partial charge in [0, 0.05) is 5.92 Å². The van der Waals surface area contributed by atoms with Gasteiger partial charge in [0.1, 0.15) is 0 Å². The van der Waals surface area contributed by atoms with E-state index in [1.54, 1.807) is 0 Å². The minimum atomic E-state index is -1.75. The molecule has 0 radical (unpaired) electrons. The first-order valence-corrected chi connectivity index (χ1v) is 11.6. The maximum Gasteiger partial charge on any atom is 0.0961 e. The van der Waals surface area contributed by atoms with E-state index < -0.39 is 13.3 Å². The van der Waals surface area contributed by atoms with Gasteiger partial charge in [-0.2, -0.15) is 0 Å². The molecule has 0 heterocycles. The molecule has 0 spiro atoms. The van der Waals surface area contributed by atoms with Crippen LogP contribution in [0.15, 0.2) is 54.6 Å². The largest absolute Gasteiger partial charge is 0.389 e. The zero-order valence-electron chi connectivity index (χ0n) is 14.5. The van der Waals surface area contributed by atoms with Gasteiger partial charge in [0.15, 0.2) is 0 Å². The molecular formula is C21H28OSi. The molecule has 2 aromatic carbocycles. The summed E-state index contributed by atoms with van der Waals surface area (Å²) in [6.45, 7) is 6.84. The summed E-state index contributed by atoms with van der Waals surface area (Å²) in [5, 5.41) is 13.7. The third kappa shape index (κ3) is 2.49. The average molecular weight is 325 g/mol. The molecule has 2 aromatic rings. The predicted octanol–water partition coefficient (Wildman–Crippen LogP) is 5.66. The van der Waals surface area contributed by atoms with E-state index in [0.717, 1.165) is 24.6 Å². The molecule has 0 amide bonds. The van der Waals surface area contributed by atoms with E-state index in [2.05, 4.69) is 75.4 Å². The summed E-state index contributed by atoms with van der Waals surface area (Å²) < 4.78 is 0. The van der Waals surface area contributed by atoms with Crippen molar-refractivity contribution in [1.82, 2.24) is 0 Å². The van der Waals surface area contributed by atoms with E-state index in [-0.39, 0.29) is 5.92 Å². The first-order valence-electron chi connectivity index (χ1n) is 8.99. The third-order valence-corrected chi connectivity index (χ3v) is 12.6. The molecule has 0 aromatic heterocycles. The van der Waals surface area contributed by atoms with Crippen molar-refractivity contribution in [1.29, 1.82) is 0 Å². The van der Waals surface area contributed by atoms with Gasteiger partial charge in [-0.25, -0.2) is 0 Å². The number of hydrogen-bond donors (Lipinski definition) is 1. The molecule has 0 bridgehead atoms. The van der Waals surface area contributed by atoms with Crippen molar-refractivity contribution < 1.29 is 5.11 Å². The van der Waals surface area contributed by atoms with Gasteiger partial charge < -0.3 is 5.11 Å². The van der Waals surface area contributed by atoms with Crippen LogP contribution in [0.2, 0.25) is 18.1 Å². The van der Waals surface area contributed by atoms with Gasteiger partial charge in [-0.15, -0.1) is 0 Å². The summed E-state index contributed by atoms with van der Waals surface area (Å²) in [5.74, 6) is 0.221. The molecule has 3 rings (SSSR count). The Balaban J connectivity index is 2.07. The maximum absolute atomic E-state index is 11.8. The first kappa shape index (κ1) is 16.5. The van der Waals surface area contributed by atoms with Gasteiger partial charge in [0.05, 0.1) is 13.3 Å². The summed E-state index contributed by atoms with van der Waals surface area (Å²) >= 11 is 0. The molecule has 0 aliphatic heterocycles. The van der Waals surface area contributed by atoms with Gasteiger partial charge >= 0.3 is 0 Å². The minimum Gasteiger partial charge on any atom is -0.389 e. The van der Waals surface area contributed by atoms with Crippen molar-refractivity contribution in [3.8, 4) is 0 Å². The Bertz CT molecular complexity index is 708. The van der Waals surface area contributed by atoms with Crippen LogP contribution in [0.5, 0.6) is 0 Å². The Morgan fingerprint density at radius 3 is 2.30 bits per heavy atom. The van der Waals surface area contributed by atoms with Crippen LogP contribution in [0.4, 0.5) is 0 Å². The monoisotopic (exact) mass is 324 g/mol. The molecule has 0 unspecified atom stereocenters. The predicted molar refractivity (Wildman–Crippen MR) is 103 cm³/mol. The van der Waals surface area contributed by atoms with E-state index >= 15 is 0 Å². The van der Waals surface area contributed by atoms with Crippen molar-refractivity contribution in [2.24, 2.45) is 0 Å². The molecule has 0 fully saturated rings. The molecule has 1 aliphatic rings. The highest BCUT2D eigenvalue weighted by molar-refractivity contribution is 6.83. The van der Waals surface area contributed by atoms with Crippen LogP contribution in [0, 0.1) is 0 Å². The van der Waals surface area contributed by atoms with Crippen molar-refractivity contribution >= 4 is 18.8 Å². The van der Waals surface area contributed by atoms with Crippen molar-refractivity contribution in [3.05, 3.63) is 60.2 Å². The van der Waals surface area contributed by atoms with Crippen LogP contribution >= 0.6 is 0 Å². The lowest BCUT2D eigenvalue weighted by atomic mass is 9.92. The minimum absolute atomic E-state index is 0.221. The van der Waals surface area contributed by atoms with Crippen molar-refractivity contribution in [2.75, 3.05) is 0 Å². The summed E-state index contributed by atoms with van der Waals surface area (Å²) in [5.41, 5.74) is 1.29. The van der Waals surface area contributed by atoms with Crippen LogP contribution in [0.25, 0.3) is 10.8 Å². The highest BCUT2D eigenvalue weighted by atomic mass is 28.3. The highest BCUT2D eigenvalue weighted by Gasteiger charge is 2.53. The van der Waals surface area contributed by atoms with E-state index in [9.17, 15) is 5.11 Å². The van der Waals surface area contributed by atoms with Crippen molar-refractivity contribution in [2.45, 2.75) is 56.5 Å². The van der Waals surface area contributed by atoms with E-state index in [0.29, 0.717) is 0 Å². The number of hydrogen-bond acceptors (Lipinski definition) is 1. The van der Waals surface area contributed by atoms with Gasteiger partial charge in [-0.1, -0.05) is 93.5 Å². The second-order valence-corrected chi connectivity index (χ2v) is 12.4. The zero-order valence-corrected chi connectivity index (χ0v) is 15.5. The van der Waals surface area contributed by atoms with Gasteiger partial charge in [-0.05, 0) is 22.8 Å². The Labute approximate surface area is 141 Å². The summed E-state index contributed by atoms with van der Waals surface area (Å²) in [6.07, 6.45) is 5.32. The normalized spacial score (nSPS) is 24.4. The molecule has 1 N–H and O–H groups in total. The van der Waals surface area contributed by atoms with Crippen LogP contribution in [0.1, 0.15) is 38.7 Å². The number of rotatable bonds is 5. The SMILES string of the molecule is CC[Si](CC)(CC)[C@@]1(O)C=CC[C@H]1c1ccc2ccccc2c1. The summed E-state index contributed by atoms with van der Waals surface area (Å²) in [7, 11) is -1.75. The standard InChI is InChI=1S/C21H28OSi/c1-4-23(5-2,6-3)21(22)15-9-12-20(21)19-14-13-17-10-7-8-11-18(17)16-19/h7-11,13-16,20,22H,4-6,12H2,1-3H3/t20-,21-/m0/s1. The fraction of sp³-hybridized carbons (Fsp3) is 0.429. The van der Waals surface area contributed by atoms with Crippen molar-refractivity contribution in [3.63, 3.8) is 0 Å². The van der Waals surface area contributed by atoms with Gasteiger partial charge in [0.2, 0.25) is 0 Å². The molecular weight excluding hydrogens is 296 g/mol. The maximum atomic E-state index is 11.8. The van der Waals surface area contributed by atoms with Gasteiger partial charge in [0.25, 0.3) is 0 Å². The second-order valence-electron chi connectivity index (χ2n) is 6.96. The summed E-state index contributed by atoms with van der Waals surface area (Å²) in [4.78, 5) is 0. The van der Waals surface area contributed by atoms with E-state index in [1.807, 2.05) is 0 Å². The number of fused-ring (bicyclic) bond motifs is 1. The van der Waals surface area contributed by atoms with Crippen LogP contribution < -0.4 is 0 Å². The molecule has 2 atom stereocenters. The lowest BCUT2D eigenvalue weighted by Gasteiger charge is -2.46. The second kappa shape index (κ2) is 6.25. The lowest BCUT2D eigenvalue weighted by molar-refractivity contribution is 0.140. The quantitative estimate of drug-likeness (QED) is 0.555. The Morgan fingerprint density at radius 1 is 1.00 bits per heavy atom. The number of aliphatic hydroxyl groups is 1. The fourth-order valence-electron chi connectivity index (χ4n) is 4.64. The highest BCUT2D eigenvalue weighted by Crippen LogP contribution is 2.48. The molecule has 0 saturated heterocycles. The third-order valence-electron chi connectivity index (χ3n) is 6.33. The number of benzene rings is 2. The average Bonchev–Trinajstić information content (AvgIpc) is 2.99. The Hall–Kier alpha value is -1.38. The Kier molecular flexibility index (Phi) is 4.48. The molecule has 0 saturated carbocycles. The topological polar surface area (TPSA) is 20.2 Å². The number of allylic oxidation sites excluding steroid dienone is 1. The molecule has 1 nitrogen and oxygen atoms in total. The molecule has 122 valence electrons. The molecule has 1 aliphatic carbocycles. The smallest absolute Gasteiger partial charge is 0.0961 e.